The predicted molar refractivity (Wildman–Crippen MR) is 178 cm³/mol. The van der Waals surface area contributed by atoms with Crippen molar-refractivity contribution < 1.29 is 28.6 Å². The summed E-state index contributed by atoms with van der Waals surface area (Å²) < 4.78 is 16.4. The van der Waals surface area contributed by atoms with Crippen LogP contribution in [0.25, 0.3) is 0 Å². The smallest absolute Gasteiger partial charge is 0.306 e. The van der Waals surface area contributed by atoms with Crippen LogP contribution in [-0.2, 0) is 28.6 Å². The predicted octanol–water partition coefficient (Wildman–Crippen LogP) is 11.0. The van der Waals surface area contributed by atoms with Crippen LogP contribution < -0.4 is 0 Å². The molecule has 0 saturated carbocycles. The Morgan fingerprint density at radius 3 is 0.930 bits per heavy atom. The molecule has 1 atom stereocenters. The molecule has 0 amide bonds. The van der Waals surface area contributed by atoms with E-state index in [1.165, 1.54) is 96.3 Å². The molecule has 0 aromatic heterocycles. The molecule has 0 fully saturated rings. The van der Waals surface area contributed by atoms with E-state index in [1.54, 1.807) is 0 Å². The Labute approximate surface area is 266 Å². The molecule has 0 heterocycles. The van der Waals surface area contributed by atoms with Crippen molar-refractivity contribution in [1.82, 2.24) is 0 Å². The van der Waals surface area contributed by atoms with Crippen LogP contribution in [0.5, 0.6) is 0 Å². The Morgan fingerprint density at radius 1 is 0.372 bits per heavy atom. The molecule has 43 heavy (non-hydrogen) atoms. The first-order valence-corrected chi connectivity index (χ1v) is 18.5. The summed E-state index contributed by atoms with van der Waals surface area (Å²) in [4.78, 5) is 37.1. The largest absolute Gasteiger partial charge is 0.462 e. The third kappa shape index (κ3) is 31.6. The van der Waals surface area contributed by atoms with E-state index in [9.17, 15) is 14.4 Å². The van der Waals surface area contributed by atoms with Gasteiger partial charge < -0.3 is 14.2 Å². The number of rotatable bonds is 33. The molecule has 0 unspecified atom stereocenters. The molecule has 0 saturated heterocycles. The standard InChI is InChI=1S/C37H70O6/c1-4-7-10-13-15-17-18-20-22-25-27-30-36(39)42-33-34(43-37(40)31-28-23-12-9-6-3)32-41-35(38)29-26-24-21-19-16-14-11-8-5-2/h34H,4-33H2,1-3H3/t34-/m0/s1. The lowest BCUT2D eigenvalue weighted by Gasteiger charge is -2.18. The van der Waals surface area contributed by atoms with E-state index in [1.807, 2.05) is 0 Å². The first-order valence-electron chi connectivity index (χ1n) is 18.5. The molecule has 0 aliphatic rings. The Balaban J connectivity index is 4.24. The summed E-state index contributed by atoms with van der Waals surface area (Å²) in [5, 5.41) is 0. The molecule has 0 rings (SSSR count). The van der Waals surface area contributed by atoms with E-state index >= 15 is 0 Å². The molecule has 0 spiro atoms. The van der Waals surface area contributed by atoms with E-state index in [2.05, 4.69) is 20.8 Å². The quantitative estimate of drug-likeness (QED) is 0.0418. The minimum Gasteiger partial charge on any atom is -0.462 e. The number of carbonyl (C=O) groups is 3. The summed E-state index contributed by atoms with van der Waals surface area (Å²) >= 11 is 0. The number of ether oxygens (including phenoxy) is 3. The van der Waals surface area contributed by atoms with Crippen molar-refractivity contribution in [1.29, 1.82) is 0 Å². The minimum atomic E-state index is -0.753. The Bertz CT molecular complexity index is 635. The van der Waals surface area contributed by atoms with Crippen LogP contribution in [0, 0.1) is 0 Å². The molecule has 0 aromatic rings. The number of carbonyl (C=O) groups excluding carboxylic acids is 3. The van der Waals surface area contributed by atoms with Crippen molar-refractivity contribution in [2.45, 2.75) is 207 Å². The van der Waals surface area contributed by atoms with Crippen molar-refractivity contribution in [2.24, 2.45) is 0 Å². The average molecular weight is 611 g/mol. The number of hydrogen-bond acceptors (Lipinski definition) is 6. The lowest BCUT2D eigenvalue weighted by molar-refractivity contribution is -0.167. The van der Waals surface area contributed by atoms with Crippen LogP contribution in [0.3, 0.4) is 0 Å². The molecule has 0 bridgehead atoms. The molecule has 0 aliphatic heterocycles. The van der Waals surface area contributed by atoms with Crippen molar-refractivity contribution >= 4 is 17.9 Å². The van der Waals surface area contributed by atoms with Crippen LogP contribution in [0.1, 0.15) is 201 Å². The maximum absolute atomic E-state index is 12.4. The van der Waals surface area contributed by atoms with Gasteiger partial charge in [0.2, 0.25) is 0 Å². The fourth-order valence-corrected chi connectivity index (χ4v) is 5.26. The second kappa shape index (κ2) is 33.3. The lowest BCUT2D eigenvalue weighted by atomic mass is 10.1. The zero-order valence-corrected chi connectivity index (χ0v) is 28.7. The van der Waals surface area contributed by atoms with Gasteiger partial charge in [-0.05, 0) is 19.3 Å². The van der Waals surface area contributed by atoms with Gasteiger partial charge in [0.05, 0.1) is 0 Å². The van der Waals surface area contributed by atoms with Crippen molar-refractivity contribution in [3.8, 4) is 0 Å². The topological polar surface area (TPSA) is 78.9 Å². The SMILES string of the molecule is CCCCCCCCCCCCCC(=O)OC[C@H](COC(=O)CCCCCCCCCCC)OC(=O)CCCCCCC. The Morgan fingerprint density at radius 2 is 0.628 bits per heavy atom. The molecule has 0 aromatic carbocycles. The fourth-order valence-electron chi connectivity index (χ4n) is 5.26. The Kier molecular flexibility index (Phi) is 32.1. The van der Waals surface area contributed by atoms with E-state index < -0.39 is 6.10 Å². The van der Waals surface area contributed by atoms with Gasteiger partial charge >= 0.3 is 17.9 Å². The minimum absolute atomic E-state index is 0.0657. The van der Waals surface area contributed by atoms with Crippen LogP contribution in [0.2, 0.25) is 0 Å². The van der Waals surface area contributed by atoms with E-state index in [4.69, 9.17) is 14.2 Å². The van der Waals surface area contributed by atoms with E-state index in [0.29, 0.717) is 19.3 Å². The van der Waals surface area contributed by atoms with Gasteiger partial charge in [-0.3, -0.25) is 14.4 Å². The van der Waals surface area contributed by atoms with Crippen LogP contribution in [0.15, 0.2) is 0 Å². The first-order chi connectivity index (χ1) is 21.0. The molecular weight excluding hydrogens is 540 g/mol. The van der Waals surface area contributed by atoms with Gasteiger partial charge in [-0.1, -0.05) is 162 Å². The van der Waals surface area contributed by atoms with Gasteiger partial charge in [0.1, 0.15) is 13.2 Å². The number of hydrogen-bond donors (Lipinski definition) is 0. The zero-order valence-electron chi connectivity index (χ0n) is 28.7. The molecule has 6 nitrogen and oxygen atoms in total. The van der Waals surface area contributed by atoms with Gasteiger partial charge in [-0.15, -0.1) is 0 Å². The van der Waals surface area contributed by atoms with Crippen molar-refractivity contribution in [2.75, 3.05) is 13.2 Å². The maximum Gasteiger partial charge on any atom is 0.306 e. The summed E-state index contributed by atoms with van der Waals surface area (Å²) in [6.07, 6.45) is 29.7. The second-order valence-electron chi connectivity index (χ2n) is 12.5. The summed E-state index contributed by atoms with van der Waals surface area (Å²) in [5.41, 5.74) is 0. The molecule has 0 aliphatic carbocycles. The maximum atomic E-state index is 12.4. The van der Waals surface area contributed by atoms with Crippen molar-refractivity contribution in [3.63, 3.8) is 0 Å². The van der Waals surface area contributed by atoms with Crippen LogP contribution in [0.4, 0.5) is 0 Å². The second-order valence-corrected chi connectivity index (χ2v) is 12.5. The third-order valence-electron chi connectivity index (χ3n) is 8.11. The Hall–Kier alpha value is -1.59. The molecular formula is C37H70O6. The van der Waals surface area contributed by atoms with Gasteiger partial charge in [0.25, 0.3) is 0 Å². The molecule has 0 radical (unpaired) electrons. The normalized spacial score (nSPS) is 11.8. The zero-order chi connectivity index (χ0) is 31.6. The number of esters is 3. The summed E-state index contributed by atoms with van der Waals surface area (Å²) in [7, 11) is 0. The van der Waals surface area contributed by atoms with Gasteiger partial charge in [-0.2, -0.15) is 0 Å². The molecule has 254 valence electrons. The highest BCUT2D eigenvalue weighted by Crippen LogP contribution is 2.14. The van der Waals surface area contributed by atoms with Crippen LogP contribution >= 0.6 is 0 Å². The van der Waals surface area contributed by atoms with Crippen molar-refractivity contribution in [3.05, 3.63) is 0 Å². The van der Waals surface area contributed by atoms with Gasteiger partial charge in [0.15, 0.2) is 6.10 Å². The third-order valence-corrected chi connectivity index (χ3v) is 8.11. The fraction of sp³-hybridized carbons (Fsp3) is 0.919. The highest BCUT2D eigenvalue weighted by Gasteiger charge is 2.19. The first kappa shape index (κ1) is 41.4. The summed E-state index contributed by atoms with van der Waals surface area (Å²) in [6.45, 7) is 6.51. The summed E-state index contributed by atoms with van der Waals surface area (Å²) in [6, 6.07) is 0. The summed E-state index contributed by atoms with van der Waals surface area (Å²) in [5.74, 6) is -0.883. The lowest BCUT2D eigenvalue weighted by Crippen LogP contribution is -2.30. The highest BCUT2D eigenvalue weighted by atomic mass is 16.6. The van der Waals surface area contributed by atoms with Crippen LogP contribution in [-0.4, -0.2) is 37.2 Å². The van der Waals surface area contributed by atoms with Gasteiger partial charge in [-0.25, -0.2) is 0 Å². The monoisotopic (exact) mass is 611 g/mol. The highest BCUT2D eigenvalue weighted by molar-refractivity contribution is 5.71. The number of unbranched alkanes of at least 4 members (excludes halogenated alkanes) is 22. The van der Waals surface area contributed by atoms with E-state index in [-0.39, 0.29) is 31.1 Å². The molecule has 0 N–H and O–H groups in total. The average Bonchev–Trinajstić information content (AvgIpc) is 3.00. The van der Waals surface area contributed by atoms with Gasteiger partial charge in [0, 0.05) is 19.3 Å². The molecule has 6 heteroatoms. The van der Waals surface area contributed by atoms with E-state index in [0.717, 1.165) is 64.2 Å².